The van der Waals surface area contributed by atoms with Crippen molar-refractivity contribution >= 4 is 41.7 Å². The Morgan fingerprint density at radius 2 is 1.93 bits per heavy atom. The van der Waals surface area contributed by atoms with Gasteiger partial charge in [-0.2, -0.15) is 0 Å². The third-order valence-corrected chi connectivity index (χ3v) is 5.90. The van der Waals surface area contributed by atoms with Gasteiger partial charge in [0, 0.05) is 31.6 Å². The van der Waals surface area contributed by atoms with E-state index in [1.54, 1.807) is 25.3 Å². The van der Waals surface area contributed by atoms with E-state index in [1.165, 1.54) is 11.9 Å². The molecular weight excluding hydrogens is 417 g/mol. The van der Waals surface area contributed by atoms with E-state index in [0.717, 1.165) is 32.5 Å². The molecule has 1 N–H and O–H groups in total. The molecule has 1 aromatic carbocycles. The molecule has 2 heterocycles. The summed E-state index contributed by atoms with van der Waals surface area (Å²) >= 11 is 5.99. The highest BCUT2D eigenvalue weighted by molar-refractivity contribution is 6.31. The highest BCUT2D eigenvalue weighted by Gasteiger charge is 2.50. The molecule has 7 nitrogen and oxygen atoms in total. The van der Waals surface area contributed by atoms with E-state index in [-0.39, 0.29) is 30.1 Å². The summed E-state index contributed by atoms with van der Waals surface area (Å²) in [4.78, 5) is 40.0. The lowest BCUT2D eigenvalue weighted by molar-refractivity contribution is -0.132. The lowest BCUT2D eigenvalue weighted by Crippen LogP contribution is -2.54. The number of ketones is 1. The lowest BCUT2D eigenvalue weighted by Gasteiger charge is -2.37. The number of nitrogens with one attached hydrogen (secondary N) is 1. The number of Topliss-reactive ketones (excluding diaryl/α,β-unsaturated/α-hetero) is 1. The highest BCUT2D eigenvalue weighted by atomic mass is 35.5. The number of amides is 3. The van der Waals surface area contributed by atoms with Crippen LogP contribution in [0.1, 0.15) is 42.5 Å². The fraction of sp³-hybridized carbons (Fsp3) is 0.550. The van der Waals surface area contributed by atoms with Gasteiger partial charge in [-0.1, -0.05) is 11.6 Å². The first-order chi connectivity index (χ1) is 13.4. The van der Waals surface area contributed by atoms with Crippen LogP contribution in [0.4, 0.5) is 4.79 Å². The summed E-state index contributed by atoms with van der Waals surface area (Å²) in [6, 6.07) is 4.75. The molecule has 3 amide bonds. The van der Waals surface area contributed by atoms with E-state index < -0.39 is 5.54 Å². The normalized spacial score (nSPS) is 18.5. The molecule has 1 spiro atoms. The number of halogens is 2. The number of carbonyl (C=O) groups excluding carboxylic acids is 3. The maximum atomic E-state index is 12.5. The van der Waals surface area contributed by atoms with E-state index in [1.807, 2.05) is 0 Å². The van der Waals surface area contributed by atoms with Gasteiger partial charge in [-0.3, -0.25) is 14.5 Å². The third-order valence-electron chi connectivity index (χ3n) is 5.66. The fourth-order valence-electron chi connectivity index (χ4n) is 3.91. The van der Waals surface area contributed by atoms with E-state index in [9.17, 15) is 14.4 Å². The molecular formula is C20H27Cl2N3O4. The van der Waals surface area contributed by atoms with E-state index in [4.69, 9.17) is 16.3 Å². The average Bonchev–Trinajstić information content (AvgIpc) is 2.90. The summed E-state index contributed by atoms with van der Waals surface area (Å²) in [5, 5.41) is 3.37. The number of hydrogen-bond donors (Lipinski definition) is 1. The van der Waals surface area contributed by atoms with Crippen LogP contribution in [0.15, 0.2) is 18.2 Å². The number of rotatable bonds is 7. The van der Waals surface area contributed by atoms with Gasteiger partial charge in [0.1, 0.15) is 11.3 Å². The van der Waals surface area contributed by atoms with Crippen LogP contribution in [0.5, 0.6) is 5.75 Å². The van der Waals surface area contributed by atoms with Crippen LogP contribution < -0.4 is 10.1 Å². The van der Waals surface area contributed by atoms with Crippen molar-refractivity contribution in [3.05, 3.63) is 28.8 Å². The molecule has 2 saturated heterocycles. The van der Waals surface area contributed by atoms with E-state index in [0.29, 0.717) is 35.6 Å². The SMILES string of the molecule is COc1ccc(Cl)cc1C(=O)CCCCN1CCC2(CC1)NC(=O)N(C)C2=O.Cl. The second-order valence-electron chi connectivity index (χ2n) is 7.44. The maximum Gasteiger partial charge on any atom is 0.324 e. The number of piperidine rings is 1. The molecule has 0 aliphatic carbocycles. The van der Waals surface area contributed by atoms with Crippen molar-refractivity contribution in [3.8, 4) is 5.75 Å². The quantitative estimate of drug-likeness (QED) is 0.397. The van der Waals surface area contributed by atoms with Crippen LogP contribution in [-0.4, -0.2) is 66.9 Å². The summed E-state index contributed by atoms with van der Waals surface area (Å²) in [5.74, 6) is 0.446. The van der Waals surface area contributed by atoms with Crippen LogP contribution in [-0.2, 0) is 4.79 Å². The van der Waals surface area contributed by atoms with Crippen molar-refractivity contribution < 1.29 is 19.1 Å². The summed E-state index contributed by atoms with van der Waals surface area (Å²) in [5.41, 5.74) is -0.198. The van der Waals surface area contributed by atoms with Crippen molar-refractivity contribution in [2.75, 3.05) is 33.8 Å². The van der Waals surface area contributed by atoms with E-state index in [2.05, 4.69) is 10.2 Å². The van der Waals surface area contributed by atoms with Gasteiger partial charge in [-0.25, -0.2) is 4.79 Å². The van der Waals surface area contributed by atoms with Crippen molar-refractivity contribution in [3.63, 3.8) is 0 Å². The van der Waals surface area contributed by atoms with Gasteiger partial charge in [0.2, 0.25) is 0 Å². The predicted molar refractivity (Wildman–Crippen MR) is 113 cm³/mol. The number of urea groups is 1. The van der Waals surface area contributed by atoms with Gasteiger partial charge in [-0.05, 0) is 50.4 Å². The zero-order chi connectivity index (χ0) is 20.3. The summed E-state index contributed by atoms with van der Waals surface area (Å²) in [6.07, 6.45) is 3.35. The third kappa shape index (κ3) is 5.02. The standard InChI is InChI=1S/C20H26ClN3O4.ClH/c1-23-18(26)20(22-19(23)27)8-11-24(12-9-20)10-4-3-5-16(25)15-13-14(21)6-7-17(15)28-2;/h6-7,13H,3-5,8-12H2,1-2H3,(H,22,27);1H. The average molecular weight is 444 g/mol. The zero-order valence-corrected chi connectivity index (χ0v) is 18.3. The molecule has 2 aliphatic rings. The summed E-state index contributed by atoms with van der Waals surface area (Å²) in [7, 11) is 3.06. The molecule has 29 heavy (non-hydrogen) atoms. The van der Waals surface area contributed by atoms with Crippen molar-refractivity contribution in [2.45, 2.75) is 37.6 Å². The predicted octanol–water partition coefficient (Wildman–Crippen LogP) is 3.14. The molecule has 9 heteroatoms. The Bertz CT molecular complexity index is 779. The van der Waals surface area contributed by atoms with Crippen molar-refractivity contribution in [1.82, 2.24) is 15.1 Å². The van der Waals surface area contributed by atoms with Gasteiger partial charge in [0.05, 0.1) is 12.7 Å². The summed E-state index contributed by atoms with van der Waals surface area (Å²) in [6.45, 7) is 2.39. The van der Waals surface area contributed by atoms with Crippen LogP contribution in [0.3, 0.4) is 0 Å². The van der Waals surface area contributed by atoms with Gasteiger partial charge in [0.25, 0.3) is 5.91 Å². The Labute approximate surface area is 182 Å². The number of carbonyl (C=O) groups is 3. The van der Waals surface area contributed by atoms with Crippen molar-refractivity contribution in [2.24, 2.45) is 0 Å². The smallest absolute Gasteiger partial charge is 0.324 e. The molecule has 0 bridgehead atoms. The maximum absolute atomic E-state index is 12.5. The molecule has 1 aromatic rings. The zero-order valence-electron chi connectivity index (χ0n) is 16.7. The van der Waals surface area contributed by atoms with Gasteiger partial charge >= 0.3 is 6.03 Å². The molecule has 0 atom stereocenters. The van der Waals surface area contributed by atoms with Crippen LogP contribution in [0.25, 0.3) is 0 Å². The largest absolute Gasteiger partial charge is 0.496 e. The first kappa shape index (κ1) is 23.4. The number of benzene rings is 1. The number of hydrogen-bond acceptors (Lipinski definition) is 5. The fourth-order valence-corrected chi connectivity index (χ4v) is 4.08. The number of ether oxygens (including phenoxy) is 1. The first-order valence-electron chi connectivity index (χ1n) is 9.56. The molecule has 2 aliphatic heterocycles. The number of likely N-dealkylation sites (N-methyl/N-ethyl adjacent to an activating group) is 1. The Balaban J connectivity index is 0.00000300. The van der Waals surface area contributed by atoms with Crippen molar-refractivity contribution in [1.29, 1.82) is 0 Å². The summed E-state index contributed by atoms with van der Waals surface area (Å²) < 4.78 is 5.24. The minimum absolute atomic E-state index is 0. The second-order valence-corrected chi connectivity index (χ2v) is 7.88. The van der Waals surface area contributed by atoms with E-state index >= 15 is 0 Å². The van der Waals surface area contributed by atoms with Gasteiger partial charge in [-0.15, -0.1) is 12.4 Å². The molecule has 0 radical (unpaired) electrons. The lowest BCUT2D eigenvalue weighted by atomic mass is 9.87. The molecule has 2 fully saturated rings. The monoisotopic (exact) mass is 443 g/mol. The second kappa shape index (κ2) is 9.78. The van der Waals surface area contributed by atoms with Crippen LogP contribution >= 0.6 is 24.0 Å². The number of methoxy groups -OCH3 is 1. The molecule has 0 saturated carbocycles. The minimum atomic E-state index is -0.721. The van der Waals surface area contributed by atoms with Crippen LogP contribution in [0.2, 0.25) is 5.02 Å². The topological polar surface area (TPSA) is 79.0 Å². The number of imide groups is 1. The Morgan fingerprint density at radius 1 is 1.24 bits per heavy atom. The molecule has 0 unspecified atom stereocenters. The van der Waals surface area contributed by atoms with Gasteiger partial charge in [0.15, 0.2) is 5.78 Å². The first-order valence-corrected chi connectivity index (χ1v) is 9.93. The number of unbranched alkanes of at least 4 members (excludes halogenated alkanes) is 1. The highest BCUT2D eigenvalue weighted by Crippen LogP contribution is 2.29. The Hall–Kier alpha value is -1.83. The van der Waals surface area contributed by atoms with Crippen LogP contribution in [0, 0.1) is 0 Å². The Kier molecular flexibility index (Phi) is 7.91. The minimum Gasteiger partial charge on any atom is -0.496 e. The Morgan fingerprint density at radius 3 is 2.52 bits per heavy atom. The number of nitrogens with zero attached hydrogens (tertiary/aromatic N) is 2. The molecule has 160 valence electrons. The molecule has 3 rings (SSSR count). The number of likely N-dealkylation sites (tertiary alicyclic amines) is 1. The van der Waals surface area contributed by atoms with Gasteiger partial charge < -0.3 is 15.0 Å². The molecule has 0 aromatic heterocycles.